The molecule has 3 aromatic carbocycles. The highest BCUT2D eigenvalue weighted by Gasteiger charge is 2.23. The molecule has 1 atom stereocenters. The van der Waals surface area contributed by atoms with Gasteiger partial charge >= 0.3 is 0 Å². The number of thioether (sulfide) groups is 1. The zero-order valence-electron chi connectivity index (χ0n) is 19.5. The van der Waals surface area contributed by atoms with Crippen LogP contribution in [0.1, 0.15) is 40.3 Å². The number of carbonyl (C=O) groups excluding carboxylic acids is 1. The molecule has 0 spiro atoms. The highest BCUT2D eigenvalue weighted by atomic mass is 35.5. The maximum Gasteiger partial charge on any atom is 0.251 e. The average molecular weight is 511 g/mol. The van der Waals surface area contributed by atoms with Crippen LogP contribution in [0.5, 0.6) is 5.75 Å². The van der Waals surface area contributed by atoms with Crippen LogP contribution in [0.4, 0.5) is 4.39 Å². The van der Waals surface area contributed by atoms with E-state index in [-0.39, 0.29) is 11.7 Å². The van der Waals surface area contributed by atoms with E-state index in [0.29, 0.717) is 33.1 Å². The van der Waals surface area contributed by atoms with E-state index in [1.807, 2.05) is 36.6 Å². The number of hydrogen-bond donors (Lipinski definition) is 1. The number of hydrogen-bond acceptors (Lipinski definition) is 5. The largest absolute Gasteiger partial charge is 0.497 e. The maximum atomic E-state index is 13.3. The second-order valence-corrected chi connectivity index (χ2v) is 9.33. The van der Waals surface area contributed by atoms with Crippen LogP contribution in [0.3, 0.4) is 0 Å². The van der Waals surface area contributed by atoms with E-state index < -0.39 is 6.04 Å². The second-order valence-electron chi connectivity index (χ2n) is 7.95. The number of aryl methyl sites for hydroxylation is 1. The van der Waals surface area contributed by atoms with Crippen molar-refractivity contribution in [3.8, 4) is 11.4 Å². The lowest BCUT2D eigenvalue weighted by molar-refractivity contribution is 0.0937. The van der Waals surface area contributed by atoms with E-state index in [1.54, 1.807) is 43.5 Å². The second kappa shape index (κ2) is 10.9. The summed E-state index contributed by atoms with van der Waals surface area (Å²) in [6.07, 6.45) is 0. The van der Waals surface area contributed by atoms with Gasteiger partial charge < -0.3 is 10.1 Å². The summed E-state index contributed by atoms with van der Waals surface area (Å²) >= 11 is 7.79. The number of halogens is 2. The van der Waals surface area contributed by atoms with Crippen molar-refractivity contribution in [2.75, 3.05) is 7.11 Å². The van der Waals surface area contributed by atoms with Gasteiger partial charge in [-0.3, -0.25) is 9.36 Å². The van der Waals surface area contributed by atoms with E-state index in [9.17, 15) is 9.18 Å². The van der Waals surface area contributed by atoms with Gasteiger partial charge in [-0.25, -0.2) is 4.39 Å². The Hall–Kier alpha value is -3.36. The fraction of sp³-hybridized carbons (Fsp3) is 0.192. The number of methoxy groups -OCH3 is 1. The number of ether oxygens (including phenoxy) is 1. The van der Waals surface area contributed by atoms with E-state index in [4.69, 9.17) is 16.3 Å². The SMILES string of the molecule is COc1cccc(C(=O)NC(C)c2nnc(SCc3ccc(F)cc3)n2-c2cc(Cl)ccc2C)c1. The fourth-order valence-electron chi connectivity index (χ4n) is 3.54. The number of rotatable bonds is 8. The summed E-state index contributed by atoms with van der Waals surface area (Å²) in [6, 6.07) is 18.4. The number of benzene rings is 3. The molecule has 0 saturated heterocycles. The molecule has 4 aromatic rings. The normalized spacial score (nSPS) is 11.8. The van der Waals surface area contributed by atoms with Gasteiger partial charge in [0.15, 0.2) is 11.0 Å². The standard InChI is InChI=1S/C26H24ClFN4O2S/c1-16-7-10-20(27)14-23(16)32-24(17(2)29-25(33)19-5-4-6-22(13-19)34-3)30-31-26(32)35-15-18-8-11-21(28)12-9-18/h4-14,17H,15H2,1-3H3,(H,29,33). The molecule has 0 aliphatic heterocycles. The smallest absolute Gasteiger partial charge is 0.251 e. The minimum absolute atomic E-state index is 0.255. The van der Waals surface area contributed by atoms with Gasteiger partial charge in [-0.05, 0) is 67.4 Å². The lowest BCUT2D eigenvalue weighted by Gasteiger charge is -2.18. The van der Waals surface area contributed by atoms with Crippen molar-refractivity contribution in [1.82, 2.24) is 20.1 Å². The van der Waals surface area contributed by atoms with Gasteiger partial charge in [0.05, 0.1) is 18.8 Å². The lowest BCUT2D eigenvalue weighted by atomic mass is 10.1. The van der Waals surface area contributed by atoms with Crippen molar-refractivity contribution in [2.45, 2.75) is 30.8 Å². The Morgan fingerprint density at radius 2 is 1.91 bits per heavy atom. The van der Waals surface area contributed by atoms with Crippen LogP contribution in [0.2, 0.25) is 5.02 Å². The van der Waals surface area contributed by atoms with Gasteiger partial charge in [-0.1, -0.05) is 47.6 Å². The molecule has 1 N–H and O–H groups in total. The third-order valence-electron chi connectivity index (χ3n) is 5.42. The van der Waals surface area contributed by atoms with Crippen LogP contribution in [-0.4, -0.2) is 27.8 Å². The molecule has 1 heterocycles. The van der Waals surface area contributed by atoms with Crippen LogP contribution in [0, 0.1) is 12.7 Å². The number of nitrogens with zero attached hydrogens (tertiary/aromatic N) is 3. The molecule has 6 nitrogen and oxygen atoms in total. The Bertz CT molecular complexity index is 1340. The highest BCUT2D eigenvalue weighted by Crippen LogP contribution is 2.30. The molecule has 0 saturated carbocycles. The molecule has 1 unspecified atom stereocenters. The molecule has 0 bridgehead atoms. The van der Waals surface area contributed by atoms with Gasteiger partial charge in [0.1, 0.15) is 11.6 Å². The van der Waals surface area contributed by atoms with Crippen LogP contribution in [0.15, 0.2) is 71.9 Å². The van der Waals surface area contributed by atoms with E-state index >= 15 is 0 Å². The Morgan fingerprint density at radius 1 is 1.14 bits per heavy atom. The quantitative estimate of drug-likeness (QED) is 0.287. The summed E-state index contributed by atoms with van der Waals surface area (Å²) in [4.78, 5) is 12.9. The molecule has 0 radical (unpaired) electrons. The van der Waals surface area contributed by atoms with E-state index in [2.05, 4.69) is 15.5 Å². The van der Waals surface area contributed by atoms with Crippen molar-refractivity contribution in [3.63, 3.8) is 0 Å². The van der Waals surface area contributed by atoms with Crippen LogP contribution in [0.25, 0.3) is 5.69 Å². The van der Waals surface area contributed by atoms with Crippen molar-refractivity contribution < 1.29 is 13.9 Å². The minimum atomic E-state index is -0.459. The van der Waals surface area contributed by atoms with Gasteiger partial charge in [0.25, 0.3) is 5.91 Å². The zero-order valence-corrected chi connectivity index (χ0v) is 21.0. The van der Waals surface area contributed by atoms with Crippen LogP contribution in [-0.2, 0) is 5.75 Å². The Balaban J connectivity index is 1.65. The summed E-state index contributed by atoms with van der Waals surface area (Å²) in [5.74, 6) is 1.20. The Morgan fingerprint density at radius 3 is 2.66 bits per heavy atom. The molecule has 35 heavy (non-hydrogen) atoms. The first-order valence-corrected chi connectivity index (χ1v) is 12.3. The van der Waals surface area contributed by atoms with E-state index in [1.165, 1.54) is 23.9 Å². The molecule has 0 aliphatic carbocycles. The predicted octanol–water partition coefficient (Wildman–Crippen LogP) is 6.16. The first-order chi connectivity index (χ1) is 16.9. The van der Waals surface area contributed by atoms with Gasteiger partial charge in [-0.2, -0.15) is 0 Å². The summed E-state index contributed by atoms with van der Waals surface area (Å²) in [6.45, 7) is 3.83. The molecule has 1 aromatic heterocycles. The lowest BCUT2D eigenvalue weighted by Crippen LogP contribution is -2.28. The Kier molecular flexibility index (Phi) is 7.73. The van der Waals surface area contributed by atoms with Gasteiger partial charge in [0, 0.05) is 16.3 Å². The van der Waals surface area contributed by atoms with Crippen LogP contribution >= 0.6 is 23.4 Å². The molecule has 1 amide bonds. The topological polar surface area (TPSA) is 69.0 Å². The molecule has 180 valence electrons. The van der Waals surface area contributed by atoms with Crippen molar-refractivity contribution in [3.05, 3.63) is 100 Å². The van der Waals surface area contributed by atoms with Crippen molar-refractivity contribution in [1.29, 1.82) is 0 Å². The summed E-state index contributed by atoms with van der Waals surface area (Å²) in [7, 11) is 1.56. The van der Waals surface area contributed by atoms with Crippen molar-refractivity contribution in [2.24, 2.45) is 0 Å². The maximum absolute atomic E-state index is 13.3. The summed E-state index contributed by atoms with van der Waals surface area (Å²) < 4.78 is 20.4. The molecular weight excluding hydrogens is 487 g/mol. The number of carbonyl (C=O) groups is 1. The first kappa shape index (κ1) is 24.8. The van der Waals surface area contributed by atoms with E-state index in [0.717, 1.165) is 16.8 Å². The fourth-order valence-corrected chi connectivity index (χ4v) is 4.62. The highest BCUT2D eigenvalue weighted by molar-refractivity contribution is 7.98. The van der Waals surface area contributed by atoms with Gasteiger partial charge in [0.2, 0.25) is 0 Å². The predicted molar refractivity (Wildman–Crippen MR) is 136 cm³/mol. The van der Waals surface area contributed by atoms with Crippen molar-refractivity contribution >= 4 is 29.3 Å². The summed E-state index contributed by atoms with van der Waals surface area (Å²) in [5, 5.41) is 13.0. The number of amides is 1. The minimum Gasteiger partial charge on any atom is -0.497 e. The molecule has 0 aliphatic rings. The van der Waals surface area contributed by atoms with Gasteiger partial charge in [-0.15, -0.1) is 10.2 Å². The molecule has 4 rings (SSSR count). The zero-order chi connectivity index (χ0) is 24.9. The third-order valence-corrected chi connectivity index (χ3v) is 6.65. The molecule has 0 fully saturated rings. The molecule has 9 heteroatoms. The number of aromatic nitrogens is 3. The molecular formula is C26H24ClFN4O2S. The monoisotopic (exact) mass is 510 g/mol. The number of nitrogens with one attached hydrogen (secondary N) is 1. The Labute approximate surface area is 212 Å². The third kappa shape index (κ3) is 5.83. The van der Waals surface area contributed by atoms with Crippen LogP contribution < -0.4 is 10.1 Å². The first-order valence-electron chi connectivity index (χ1n) is 10.9. The summed E-state index contributed by atoms with van der Waals surface area (Å²) in [5.41, 5.74) is 3.23. The average Bonchev–Trinajstić information content (AvgIpc) is 3.29.